The van der Waals surface area contributed by atoms with Gasteiger partial charge in [-0.1, -0.05) is 30.3 Å². The summed E-state index contributed by atoms with van der Waals surface area (Å²) in [6.45, 7) is 0.779. The van der Waals surface area contributed by atoms with Gasteiger partial charge >= 0.3 is 0 Å². The Kier molecular flexibility index (Phi) is 4.05. The lowest BCUT2D eigenvalue weighted by molar-refractivity contribution is 0.100. The summed E-state index contributed by atoms with van der Waals surface area (Å²) in [5, 5.41) is 13.4. The number of aromatic nitrogens is 1. The Labute approximate surface area is 151 Å². The fourth-order valence-electron chi connectivity index (χ4n) is 3.41. The normalized spacial score (nSPS) is 15.3. The molecule has 1 aliphatic rings. The molecular formula is C21H19N3O2. The minimum atomic E-state index is -0.444. The van der Waals surface area contributed by atoms with E-state index in [4.69, 9.17) is 5.73 Å². The van der Waals surface area contributed by atoms with Gasteiger partial charge in [-0.25, -0.2) is 4.98 Å². The smallest absolute Gasteiger partial charge is 0.248 e. The molecule has 0 spiro atoms. The molecular weight excluding hydrogens is 326 g/mol. The molecule has 4 N–H and O–H groups in total. The van der Waals surface area contributed by atoms with Crippen molar-refractivity contribution in [3.05, 3.63) is 77.5 Å². The second-order valence-corrected chi connectivity index (χ2v) is 6.52. The lowest BCUT2D eigenvalue weighted by Crippen LogP contribution is -2.10. The van der Waals surface area contributed by atoms with Crippen molar-refractivity contribution in [3.63, 3.8) is 0 Å². The molecule has 130 valence electrons. The van der Waals surface area contributed by atoms with Crippen LogP contribution in [0.5, 0.6) is 5.75 Å². The topological polar surface area (TPSA) is 88.2 Å². The number of fused-ring (bicyclic) bond motifs is 1. The number of aromatic hydroxyl groups is 1. The van der Waals surface area contributed by atoms with Crippen molar-refractivity contribution in [1.29, 1.82) is 0 Å². The minimum absolute atomic E-state index is 0.227. The molecule has 5 nitrogen and oxygen atoms in total. The molecule has 1 amide bonds. The van der Waals surface area contributed by atoms with Crippen molar-refractivity contribution in [2.24, 2.45) is 5.73 Å². The van der Waals surface area contributed by atoms with Crippen molar-refractivity contribution >= 4 is 11.7 Å². The zero-order valence-electron chi connectivity index (χ0n) is 14.1. The summed E-state index contributed by atoms with van der Waals surface area (Å²) in [7, 11) is 0. The Hall–Kier alpha value is -3.34. The number of carbonyl (C=O) groups excluding carboxylic acids is 1. The van der Waals surface area contributed by atoms with Crippen LogP contribution in [0.25, 0.3) is 11.1 Å². The fourth-order valence-corrected chi connectivity index (χ4v) is 3.41. The van der Waals surface area contributed by atoms with E-state index in [1.54, 1.807) is 24.4 Å². The predicted octanol–water partition coefficient (Wildman–Crippen LogP) is 3.30. The van der Waals surface area contributed by atoms with Crippen molar-refractivity contribution in [3.8, 4) is 16.9 Å². The van der Waals surface area contributed by atoms with E-state index in [1.165, 1.54) is 0 Å². The number of hydrogen-bond acceptors (Lipinski definition) is 4. The number of phenols is 1. The third kappa shape index (κ3) is 2.99. The lowest BCUT2D eigenvalue weighted by atomic mass is 9.92. The molecule has 1 aliphatic heterocycles. The number of nitrogens with zero attached hydrogens (tertiary/aromatic N) is 1. The Morgan fingerprint density at radius 2 is 2.00 bits per heavy atom. The number of rotatable bonds is 4. The van der Waals surface area contributed by atoms with Gasteiger partial charge in [-0.2, -0.15) is 0 Å². The Bertz CT molecular complexity index is 984. The van der Waals surface area contributed by atoms with E-state index in [0.717, 1.165) is 41.0 Å². The average molecular weight is 345 g/mol. The number of primary amides is 1. The first-order valence-corrected chi connectivity index (χ1v) is 8.53. The van der Waals surface area contributed by atoms with Crippen molar-refractivity contribution in [2.45, 2.75) is 12.3 Å². The van der Waals surface area contributed by atoms with E-state index in [0.29, 0.717) is 11.3 Å². The number of carbonyl (C=O) groups is 1. The van der Waals surface area contributed by atoms with Crippen LogP contribution in [0.1, 0.15) is 27.4 Å². The van der Waals surface area contributed by atoms with Crippen LogP contribution in [0.3, 0.4) is 0 Å². The Morgan fingerprint density at radius 3 is 2.81 bits per heavy atom. The molecule has 5 heteroatoms. The molecule has 0 saturated carbocycles. The number of benzene rings is 2. The van der Waals surface area contributed by atoms with Crippen LogP contribution in [0.4, 0.5) is 5.82 Å². The third-order valence-corrected chi connectivity index (χ3v) is 4.81. The average Bonchev–Trinajstić information content (AvgIpc) is 3.06. The summed E-state index contributed by atoms with van der Waals surface area (Å²) in [6.07, 6.45) is 2.54. The second kappa shape index (κ2) is 6.52. The highest BCUT2D eigenvalue weighted by Gasteiger charge is 2.25. The molecule has 0 aliphatic carbocycles. The third-order valence-electron chi connectivity index (χ3n) is 4.81. The maximum Gasteiger partial charge on any atom is 0.248 e. The summed E-state index contributed by atoms with van der Waals surface area (Å²) in [5.41, 5.74) is 9.76. The SMILES string of the molecule is NC(=O)c1cccc(-c2cnc3c(c2)C(Cc2ccccc2O)CN3)c1. The van der Waals surface area contributed by atoms with Crippen molar-refractivity contribution < 1.29 is 9.90 Å². The lowest BCUT2D eigenvalue weighted by Gasteiger charge is -2.12. The van der Waals surface area contributed by atoms with Gasteiger partial charge in [-0.05, 0) is 41.8 Å². The van der Waals surface area contributed by atoms with Gasteiger partial charge in [0.1, 0.15) is 11.6 Å². The standard InChI is InChI=1S/C21H19N3O2/c22-20(26)15-6-3-5-13(8-15)16-10-18-17(12-24-21(18)23-11-16)9-14-4-1-2-7-19(14)25/h1-8,10-11,17,25H,9,12H2,(H2,22,26)(H,23,24). The molecule has 2 aromatic carbocycles. The van der Waals surface area contributed by atoms with E-state index in [9.17, 15) is 9.90 Å². The minimum Gasteiger partial charge on any atom is -0.508 e. The molecule has 3 aromatic rings. The summed E-state index contributed by atoms with van der Waals surface area (Å²) in [4.78, 5) is 16.0. The zero-order chi connectivity index (χ0) is 18.1. The monoisotopic (exact) mass is 345 g/mol. The number of hydrogen-bond donors (Lipinski definition) is 3. The second-order valence-electron chi connectivity index (χ2n) is 6.52. The van der Waals surface area contributed by atoms with Gasteiger partial charge in [-0.15, -0.1) is 0 Å². The van der Waals surface area contributed by atoms with Gasteiger partial charge in [0.2, 0.25) is 5.91 Å². The molecule has 1 unspecified atom stereocenters. The number of amides is 1. The number of nitrogens with two attached hydrogens (primary N) is 1. The molecule has 4 rings (SSSR count). The van der Waals surface area contributed by atoms with Crippen molar-refractivity contribution in [2.75, 3.05) is 11.9 Å². The van der Waals surface area contributed by atoms with Crippen molar-refractivity contribution in [1.82, 2.24) is 4.98 Å². The summed E-state index contributed by atoms with van der Waals surface area (Å²) < 4.78 is 0. The van der Waals surface area contributed by atoms with Gasteiger partial charge in [0.15, 0.2) is 0 Å². The van der Waals surface area contributed by atoms with Crippen LogP contribution < -0.4 is 11.1 Å². The van der Waals surface area contributed by atoms with E-state index in [-0.39, 0.29) is 5.92 Å². The predicted molar refractivity (Wildman–Crippen MR) is 101 cm³/mol. The molecule has 2 heterocycles. The van der Waals surface area contributed by atoms with Gasteiger partial charge in [0.25, 0.3) is 0 Å². The first kappa shape index (κ1) is 16.1. The zero-order valence-corrected chi connectivity index (χ0v) is 14.1. The van der Waals surface area contributed by atoms with Gasteiger partial charge < -0.3 is 16.2 Å². The molecule has 0 saturated heterocycles. The van der Waals surface area contributed by atoms with Crippen LogP contribution in [-0.2, 0) is 6.42 Å². The highest BCUT2D eigenvalue weighted by atomic mass is 16.3. The number of phenolic OH excluding ortho intramolecular Hbond substituents is 1. The van der Waals surface area contributed by atoms with Gasteiger partial charge in [0.05, 0.1) is 0 Å². The summed E-state index contributed by atoms with van der Waals surface area (Å²) in [6, 6.07) is 16.8. The van der Waals surface area contributed by atoms with Crippen LogP contribution in [0, 0.1) is 0 Å². The highest BCUT2D eigenvalue weighted by Crippen LogP contribution is 2.36. The first-order chi connectivity index (χ1) is 12.6. The quantitative estimate of drug-likeness (QED) is 0.677. The Balaban J connectivity index is 1.67. The molecule has 0 radical (unpaired) electrons. The number of anilines is 1. The molecule has 0 fully saturated rings. The maximum atomic E-state index is 11.4. The molecule has 1 aromatic heterocycles. The molecule has 1 atom stereocenters. The number of nitrogens with one attached hydrogen (secondary N) is 1. The van der Waals surface area contributed by atoms with E-state index in [1.807, 2.05) is 30.3 Å². The number of para-hydroxylation sites is 1. The number of pyridine rings is 1. The van der Waals surface area contributed by atoms with Crippen LogP contribution in [-0.4, -0.2) is 22.5 Å². The summed E-state index contributed by atoms with van der Waals surface area (Å²) >= 11 is 0. The van der Waals surface area contributed by atoms with E-state index in [2.05, 4.69) is 16.4 Å². The molecule has 26 heavy (non-hydrogen) atoms. The van der Waals surface area contributed by atoms with Crippen LogP contribution in [0.15, 0.2) is 60.8 Å². The Morgan fingerprint density at radius 1 is 1.15 bits per heavy atom. The fraction of sp³-hybridized carbons (Fsp3) is 0.143. The maximum absolute atomic E-state index is 11.4. The van der Waals surface area contributed by atoms with Crippen LogP contribution in [0.2, 0.25) is 0 Å². The largest absolute Gasteiger partial charge is 0.508 e. The van der Waals surface area contributed by atoms with Gasteiger partial charge in [0, 0.05) is 35.3 Å². The highest BCUT2D eigenvalue weighted by molar-refractivity contribution is 5.94. The van der Waals surface area contributed by atoms with E-state index < -0.39 is 5.91 Å². The van der Waals surface area contributed by atoms with Crippen LogP contribution >= 0.6 is 0 Å². The first-order valence-electron chi connectivity index (χ1n) is 8.53. The van der Waals surface area contributed by atoms with Gasteiger partial charge in [-0.3, -0.25) is 4.79 Å². The molecule has 0 bridgehead atoms. The van der Waals surface area contributed by atoms with E-state index >= 15 is 0 Å². The summed E-state index contributed by atoms with van der Waals surface area (Å²) in [5.74, 6) is 0.976.